The highest BCUT2D eigenvalue weighted by Gasteiger charge is 1.92. The van der Waals surface area contributed by atoms with Crippen molar-refractivity contribution >= 4 is 23.0 Å². The van der Waals surface area contributed by atoms with Gasteiger partial charge >= 0.3 is 5.97 Å². The minimum atomic E-state index is -0.738. The first-order chi connectivity index (χ1) is 3.77. The molecule has 56 valence electrons. The molecule has 0 atom stereocenters. The quantitative estimate of drug-likeness (QED) is 0.656. The van der Waals surface area contributed by atoms with E-state index in [9.17, 15) is 4.79 Å². The summed E-state index contributed by atoms with van der Waals surface area (Å²) in [5.74, 6) is -0.738. The predicted molar refractivity (Wildman–Crippen MR) is 40.9 cm³/mol. The fraction of sp³-hybridized carbons (Fsp3) is 0.800. The first-order valence-electron chi connectivity index (χ1n) is 2.69. The molecule has 0 fully saturated rings. The van der Waals surface area contributed by atoms with E-state index >= 15 is 0 Å². The van der Waals surface area contributed by atoms with E-state index in [1.807, 2.05) is 0 Å². The van der Waals surface area contributed by atoms with Crippen LogP contribution in [0.4, 0.5) is 0 Å². The summed E-state index contributed by atoms with van der Waals surface area (Å²) in [6.07, 6.45) is 1.76. The molecule has 0 aliphatic carbocycles. The van der Waals surface area contributed by atoms with Gasteiger partial charge in [0.05, 0.1) is 0 Å². The molecule has 0 aliphatic heterocycles. The molecule has 0 saturated heterocycles. The number of rotatable bonds is 4. The minimum absolute atomic E-state index is 0. The van der Waals surface area contributed by atoms with Crippen LogP contribution >= 0.6 is 17.0 Å². The van der Waals surface area contributed by atoms with Gasteiger partial charge in [-0.15, -0.1) is 17.0 Å². The summed E-state index contributed by atoms with van der Waals surface area (Å²) in [6.45, 7) is 0.591. The molecule has 4 heteroatoms. The van der Waals surface area contributed by atoms with Crippen LogP contribution in [0.25, 0.3) is 0 Å². The molecule has 0 aromatic carbocycles. The van der Waals surface area contributed by atoms with Gasteiger partial charge in [-0.25, -0.2) is 0 Å². The topological polar surface area (TPSA) is 63.3 Å². The monoisotopic (exact) mass is 197 g/mol. The molecule has 0 radical (unpaired) electrons. The Morgan fingerprint density at radius 3 is 2.33 bits per heavy atom. The van der Waals surface area contributed by atoms with E-state index < -0.39 is 5.97 Å². The molecule has 0 saturated carbocycles. The zero-order chi connectivity index (χ0) is 6.41. The van der Waals surface area contributed by atoms with Gasteiger partial charge in [0.1, 0.15) is 0 Å². The molecule has 0 spiro atoms. The van der Waals surface area contributed by atoms with Crippen LogP contribution in [0.15, 0.2) is 0 Å². The molecule has 3 N–H and O–H groups in total. The van der Waals surface area contributed by atoms with Crippen LogP contribution in [-0.4, -0.2) is 17.6 Å². The molecular weight excluding hydrogens is 186 g/mol. The summed E-state index contributed by atoms with van der Waals surface area (Å²) < 4.78 is 0. The maximum absolute atomic E-state index is 9.83. The predicted octanol–water partition coefficient (Wildman–Crippen LogP) is 0.778. The van der Waals surface area contributed by atoms with Crippen LogP contribution in [-0.2, 0) is 4.79 Å². The average molecular weight is 198 g/mol. The second-order valence-electron chi connectivity index (χ2n) is 1.64. The lowest BCUT2D eigenvalue weighted by Crippen LogP contribution is -2.00. The molecule has 0 rings (SSSR count). The maximum atomic E-state index is 9.83. The highest BCUT2D eigenvalue weighted by Crippen LogP contribution is 1.91. The largest absolute Gasteiger partial charge is 0.481 e. The Bertz CT molecular complexity index is 77.4. The van der Waals surface area contributed by atoms with E-state index in [1.54, 1.807) is 0 Å². The standard InChI is InChI=1S/C5H11NO2.BrH/c6-4-2-1-3-5(7)8;/h1-4,6H2,(H,7,8);1H. The Morgan fingerprint density at radius 1 is 1.44 bits per heavy atom. The molecule has 0 amide bonds. The summed E-state index contributed by atoms with van der Waals surface area (Å²) in [5, 5.41) is 8.10. The second kappa shape index (κ2) is 7.91. The summed E-state index contributed by atoms with van der Waals surface area (Å²) in [4.78, 5) is 9.83. The fourth-order valence-corrected chi connectivity index (χ4v) is 0.421. The van der Waals surface area contributed by atoms with Crippen molar-refractivity contribution in [1.29, 1.82) is 0 Å². The van der Waals surface area contributed by atoms with Gasteiger partial charge < -0.3 is 10.8 Å². The van der Waals surface area contributed by atoms with Gasteiger partial charge in [-0.05, 0) is 19.4 Å². The molecule has 9 heavy (non-hydrogen) atoms. The summed E-state index contributed by atoms with van der Waals surface area (Å²) >= 11 is 0. The highest BCUT2D eigenvalue weighted by atomic mass is 79.9. The van der Waals surface area contributed by atoms with Gasteiger partial charge in [-0.2, -0.15) is 0 Å². The van der Waals surface area contributed by atoms with E-state index in [4.69, 9.17) is 10.8 Å². The van der Waals surface area contributed by atoms with Gasteiger partial charge in [0, 0.05) is 6.42 Å². The van der Waals surface area contributed by atoms with Gasteiger partial charge in [0.15, 0.2) is 0 Å². The molecule has 0 aromatic heterocycles. The maximum Gasteiger partial charge on any atom is 0.303 e. The SMILES string of the molecule is Br.NCCCCC(=O)O. The lowest BCUT2D eigenvalue weighted by molar-refractivity contribution is -0.137. The minimum Gasteiger partial charge on any atom is -0.481 e. The number of nitrogens with two attached hydrogens (primary N) is 1. The van der Waals surface area contributed by atoms with Gasteiger partial charge in [0.2, 0.25) is 0 Å². The van der Waals surface area contributed by atoms with Crippen molar-refractivity contribution in [3.05, 3.63) is 0 Å². The van der Waals surface area contributed by atoms with E-state index in [1.165, 1.54) is 0 Å². The number of carboxylic acids is 1. The van der Waals surface area contributed by atoms with Gasteiger partial charge in [-0.3, -0.25) is 4.79 Å². The number of hydrogen-bond donors (Lipinski definition) is 2. The zero-order valence-electron chi connectivity index (χ0n) is 5.17. The van der Waals surface area contributed by atoms with Crippen LogP contribution in [0.5, 0.6) is 0 Å². The van der Waals surface area contributed by atoms with E-state index in [0.717, 1.165) is 6.42 Å². The lowest BCUT2D eigenvalue weighted by Gasteiger charge is -1.90. The zero-order valence-corrected chi connectivity index (χ0v) is 6.88. The Kier molecular flexibility index (Phi) is 10.3. The van der Waals surface area contributed by atoms with Crippen LogP contribution in [0, 0.1) is 0 Å². The fourth-order valence-electron chi connectivity index (χ4n) is 0.421. The van der Waals surface area contributed by atoms with Crippen molar-refractivity contribution in [2.75, 3.05) is 6.54 Å². The summed E-state index contributed by atoms with van der Waals surface area (Å²) in [6, 6.07) is 0. The number of aliphatic carboxylic acids is 1. The van der Waals surface area contributed by atoms with Gasteiger partial charge in [0.25, 0.3) is 0 Å². The van der Waals surface area contributed by atoms with Crippen LogP contribution in [0.3, 0.4) is 0 Å². The average Bonchev–Trinajstić information content (AvgIpc) is 1.66. The highest BCUT2D eigenvalue weighted by molar-refractivity contribution is 8.93. The van der Waals surface area contributed by atoms with Crippen LogP contribution < -0.4 is 5.73 Å². The normalized spacial score (nSPS) is 8.11. The third kappa shape index (κ3) is 11.5. The van der Waals surface area contributed by atoms with E-state index in [-0.39, 0.29) is 23.4 Å². The third-order valence-electron chi connectivity index (χ3n) is 0.845. The number of hydrogen-bond acceptors (Lipinski definition) is 2. The number of carbonyl (C=O) groups is 1. The number of halogens is 1. The lowest BCUT2D eigenvalue weighted by atomic mass is 10.2. The molecule has 0 aromatic rings. The smallest absolute Gasteiger partial charge is 0.303 e. The first-order valence-corrected chi connectivity index (χ1v) is 2.69. The second-order valence-corrected chi connectivity index (χ2v) is 1.64. The van der Waals surface area contributed by atoms with E-state index in [2.05, 4.69) is 0 Å². The summed E-state index contributed by atoms with van der Waals surface area (Å²) in [7, 11) is 0. The molecule has 3 nitrogen and oxygen atoms in total. The van der Waals surface area contributed by atoms with Crippen LogP contribution in [0.2, 0.25) is 0 Å². The van der Waals surface area contributed by atoms with Crippen LogP contribution in [0.1, 0.15) is 19.3 Å². The Morgan fingerprint density at radius 2 is 2.00 bits per heavy atom. The molecule has 0 aliphatic rings. The van der Waals surface area contributed by atoms with Crippen molar-refractivity contribution in [3.8, 4) is 0 Å². The Balaban J connectivity index is 0. The van der Waals surface area contributed by atoms with E-state index in [0.29, 0.717) is 13.0 Å². The Labute approximate surface area is 65.0 Å². The Hall–Kier alpha value is -0.0900. The molecule has 0 heterocycles. The van der Waals surface area contributed by atoms with Gasteiger partial charge in [-0.1, -0.05) is 0 Å². The molecule has 0 unspecified atom stereocenters. The third-order valence-corrected chi connectivity index (χ3v) is 0.845. The first kappa shape index (κ1) is 11.7. The summed E-state index contributed by atoms with van der Waals surface area (Å²) in [5.41, 5.74) is 5.12. The van der Waals surface area contributed by atoms with Crippen molar-refractivity contribution in [1.82, 2.24) is 0 Å². The number of carboxylic acid groups (broad SMARTS) is 1. The van der Waals surface area contributed by atoms with Crippen molar-refractivity contribution in [2.24, 2.45) is 5.73 Å². The van der Waals surface area contributed by atoms with Crippen molar-refractivity contribution in [3.63, 3.8) is 0 Å². The molecule has 0 bridgehead atoms. The number of unbranched alkanes of at least 4 members (excludes halogenated alkanes) is 1. The van der Waals surface area contributed by atoms with Crippen molar-refractivity contribution < 1.29 is 9.90 Å². The molecular formula is C5H12BrNO2. The van der Waals surface area contributed by atoms with Crippen molar-refractivity contribution in [2.45, 2.75) is 19.3 Å².